The molecule has 9 heteroatoms. The molecule has 0 fully saturated rings. The van der Waals surface area contributed by atoms with Gasteiger partial charge in [-0.1, -0.05) is 48.9 Å². The Morgan fingerprint density at radius 1 is 0.925 bits per heavy atom. The largest absolute Gasteiger partial charge is 0.497 e. The summed E-state index contributed by atoms with van der Waals surface area (Å²) in [5, 5.41) is 2.81. The van der Waals surface area contributed by atoms with Gasteiger partial charge in [0.2, 0.25) is 11.8 Å². The van der Waals surface area contributed by atoms with Crippen molar-refractivity contribution in [3.8, 4) is 5.75 Å². The van der Waals surface area contributed by atoms with E-state index in [9.17, 15) is 18.0 Å². The monoisotopic (exact) mass is 565 g/mol. The van der Waals surface area contributed by atoms with Crippen molar-refractivity contribution in [1.29, 1.82) is 0 Å². The number of hydrogen-bond acceptors (Lipinski definition) is 5. The SMILES string of the molecule is CCNC(=O)[C@@H](CC)N(Cc1ccc(OC)cc1)C(=O)CN(c1cccc(C)c1C)S(=O)(=O)c1ccc(C)cc1. The number of aryl methyl sites for hydroxylation is 2. The average molecular weight is 566 g/mol. The minimum absolute atomic E-state index is 0.0873. The standard InChI is InChI=1S/C31H39N3O5S/c1-7-28(31(36)32-8-2)33(20-25-14-16-26(39-6)17-15-25)30(35)21-34(29-11-9-10-23(4)24(29)5)40(37,38)27-18-12-22(3)13-19-27/h9-19,28H,7-8,20-21H2,1-6H3,(H,32,36)/t28-/m1/s1. The van der Waals surface area contributed by atoms with Crippen LogP contribution in [0.5, 0.6) is 5.75 Å². The number of anilines is 1. The van der Waals surface area contributed by atoms with E-state index in [0.717, 1.165) is 26.6 Å². The highest BCUT2D eigenvalue weighted by molar-refractivity contribution is 7.92. The minimum atomic E-state index is -4.11. The molecule has 0 heterocycles. The highest BCUT2D eigenvalue weighted by atomic mass is 32.2. The number of nitrogens with zero attached hydrogens (tertiary/aromatic N) is 2. The highest BCUT2D eigenvalue weighted by Crippen LogP contribution is 2.29. The Labute approximate surface area is 238 Å². The van der Waals surface area contributed by atoms with Gasteiger partial charge < -0.3 is 15.0 Å². The second-order valence-electron chi connectivity index (χ2n) is 9.73. The lowest BCUT2D eigenvalue weighted by Gasteiger charge is -2.33. The van der Waals surface area contributed by atoms with Crippen LogP contribution in [0.4, 0.5) is 5.69 Å². The fourth-order valence-corrected chi connectivity index (χ4v) is 5.97. The maximum Gasteiger partial charge on any atom is 0.264 e. The second kappa shape index (κ2) is 13.5. The van der Waals surface area contributed by atoms with Crippen molar-refractivity contribution in [1.82, 2.24) is 10.2 Å². The molecule has 3 rings (SSSR count). The van der Waals surface area contributed by atoms with Gasteiger partial charge >= 0.3 is 0 Å². The minimum Gasteiger partial charge on any atom is -0.497 e. The van der Waals surface area contributed by atoms with Crippen molar-refractivity contribution in [2.45, 2.75) is 58.5 Å². The van der Waals surface area contributed by atoms with Crippen LogP contribution in [0.1, 0.15) is 42.5 Å². The van der Waals surface area contributed by atoms with Crippen LogP contribution >= 0.6 is 0 Å². The van der Waals surface area contributed by atoms with E-state index in [4.69, 9.17) is 4.74 Å². The van der Waals surface area contributed by atoms with Gasteiger partial charge in [0, 0.05) is 13.1 Å². The lowest BCUT2D eigenvalue weighted by atomic mass is 10.1. The third-order valence-electron chi connectivity index (χ3n) is 6.98. The molecule has 3 aromatic carbocycles. The normalized spacial score (nSPS) is 11.9. The molecule has 3 aromatic rings. The number of carbonyl (C=O) groups excluding carboxylic acids is 2. The van der Waals surface area contributed by atoms with E-state index >= 15 is 0 Å². The van der Waals surface area contributed by atoms with E-state index in [1.165, 1.54) is 4.90 Å². The number of methoxy groups -OCH3 is 1. The molecule has 8 nitrogen and oxygen atoms in total. The van der Waals surface area contributed by atoms with Crippen LogP contribution in [0.3, 0.4) is 0 Å². The molecular formula is C31H39N3O5S. The van der Waals surface area contributed by atoms with E-state index in [1.54, 1.807) is 55.6 Å². The van der Waals surface area contributed by atoms with E-state index in [-0.39, 0.29) is 17.3 Å². The summed E-state index contributed by atoms with van der Waals surface area (Å²) in [6.07, 6.45) is 0.363. The first-order valence-electron chi connectivity index (χ1n) is 13.4. The Hall–Kier alpha value is -3.85. The molecule has 214 valence electrons. The summed E-state index contributed by atoms with van der Waals surface area (Å²) < 4.78 is 34.5. The van der Waals surface area contributed by atoms with Crippen LogP contribution < -0.4 is 14.4 Å². The first-order valence-corrected chi connectivity index (χ1v) is 14.8. The second-order valence-corrected chi connectivity index (χ2v) is 11.6. The van der Waals surface area contributed by atoms with Gasteiger partial charge in [0.15, 0.2) is 0 Å². The fraction of sp³-hybridized carbons (Fsp3) is 0.355. The molecule has 0 saturated heterocycles. The Morgan fingerprint density at radius 3 is 2.15 bits per heavy atom. The van der Waals surface area contributed by atoms with Crippen LogP contribution in [-0.4, -0.2) is 51.4 Å². The average Bonchev–Trinajstić information content (AvgIpc) is 2.94. The van der Waals surface area contributed by atoms with Crippen molar-refractivity contribution >= 4 is 27.5 Å². The number of amides is 2. The van der Waals surface area contributed by atoms with E-state index < -0.39 is 28.5 Å². The number of carbonyl (C=O) groups is 2. The number of sulfonamides is 1. The van der Waals surface area contributed by atoms with Gasteiger partial charge in [-0.05, 0) is 81.1 Å². The van der Waals surface area contributed by atoms with Crippen molar-refractivity contribution in [2.75, 3.05) is 24.5 Å². The Balaban J connectivity index is 2.09. The van der Waals surface area contributed by atoms with Crippen LogP contribution in [-0.2, 0) is 26.2 Å². The molecular weight excluding hydrogens is 526 g/mol. The Kier molecular flexibility index (Phi) is 10.3. The summed E-state index contributed by atoms with van der Waals surface area (Å²) in [6, 6.07) is 18.4. The van der Waals surface area contributed by atoms with Crippen molar-refractivity contribution in [3.05, 3.63) is 89.0 Å². The first-order chi connectivity index (χ1) is 19.0. The summed E-state index contributed by atoms with van der Waals surface area (Å²) in [5.41, 5.74) is 3.79. The zero-order chi connectivity index (χ0) is 29.4. The van der Waals surface area contributed by atoms with Crippen LogP contribution in [0.2, 0.25) is 0 Å². The third kappa shape index (κ3) is 7.01. The Morgan fingerprint density at radius 2 is 1.57 bits per heavy atom. The summed E-state index contributed by atoms with van der Waals surface area (Å²) >= 11 is 0. The summed E-state index contributed by atoms with van der Waals surface area (Å²) in [5.74, 6) is -0.0975. The zero-order valence-electron chi connectivity index (χ0n) is 24.1. The molecule has 0 aromatic heterocycles. The van der Waals surface area contributed by atoms with Gasteiger partial charge in [0.1, 0.15) is 18.3 Å². The molecule has 0 bridgehead atoms. The molecule has 0 aliphatic carbocycles. The van der Waals surface area contributed by atoms with Gasteiger partial charge in [-0.3, -0.25) is 13.9 Å². The van der Waals surface area contributed by atoms with Crippen LogP contribution in [0, 0.1) is 20.8 Å². The Bertz CT molecular complexity index is 1420. The number of benzene rings is 3. The fourth-order valence-electron chi connectivity index (χ4n) is 4.50. The summed E-state index contributed by atoms with van der Waals surface area (Å²) in [4.78, 5) is 28.7. The number of nitrogens with one attached hydrogen (secondary N) is 1. The number of ether oxygens (including phenoxy) is 1. The maximum atomic E-state index is 14.1. The molecule has 0 aliphatic heterocycles. The predicted molar refractivity (Wildman–Crippen MR) is 158 cm³/mol. The zero-order valence-corrected chi connectivity index (χ0v) is 24.9. The van der Waals surface area contributed by atoms with Crippen molar-refractivity contribution < 1.29 is 22.7 Å². The van der Waals surface area contributed by atoms with E-state index in [2.05, 4.69) is 5.32 Å². The van der Waals surface area contributed by atoms with Crippen molar-refractivity contribution in [3.63, 3.8) is 0 Å². The molecule has 1 atom stereocenters. The molecule has 0 spiro atoms. The molecule has 40 heavy (non-hydrogen) atoms. The van der Waals surface area contributed by atoms with E-state index in [0.29, 0.717) is 24.4 Å². The van der Waals surface area contributed by atoms with Gasteiger partial charge in [0.25, 0.3) is 10.0 Å². The quantitative estimate of drug-likeness (QED) is 0.342. The van der Waals surface area contributed by atoms with Crippen LogP contribution in [0.25, 0.3) is 0 Å². The molecule has 0 unspecified atom stereocenters. The van der Waals surface area contributed by atoms with E-state index in [1.807, 2.05) is 52.8 Å². The molecule has 0 radical (unpaired) electrons. The number of hydrogen-bond donors (Lipinski definition) is 1. The summed E-state index contributed by atoms with van der Waals surface area (Å²) in [6.45, 7) is 9.34. The smallest absolute Gasteiger partial charge is 0.264 e. The van der Waals surface area contributed by atoms with Gasteiger partial charge in [-0.15, -0.1) is 0 Å². The van der Waals surface area contributed by atoms with Gasteiger partial charge in [-0.2, -0.15) is 0 Å². The first kappa shape index (κ1) is 30.7. The molecule has 2 amide bonds. The predicted octanol–water partition coefficient (Wildman–Crippen LogP) is 4.76. The number of likely N-dealkylation sites (N-methyl/N-ethyl adjacent to an activating group) is 1. The topological polar surface area (TPSA) is 96.0 Å². The highest BCUT2D eigenvalue weighted by Gasteiger charge is 2.34. The van der Waals surface area contributed by atoms with Crippen LogP contribution in [0.15, 0.2) is 71.6 Å². The van der Waals surface area contributed by atoms with Crippen molar-refractivity contribution in [2.24, 2.45) is 0 Å². The lowest BCUT2D eigenvalue weighted by Crippen LogP contribution is -2.52. The third-order valence-corrected chi connectivity index (χ3v) is 8.76. The molecule has 0 aliphatic rings. The maximum absolute atomic E-state index is 14.1. The summed E-state index contributed by atoms with van der Waals surface area (Å²) in [7, 11) is -2.54. The molecule has 1 N–H and O–H groups in total. The van der Waals surface area contributed by atoms with Gasteiger partial charge in [-0.25, -0.2) is 8.42 Å². The molecule has 0 saturated carbocycles. The lowest BCUT2D eigenvalue weighted by molar-refractivity contribution is -0.140. The van der Waals surface area contributed by atoms with Gasteiger partial charge in [0.05, 0.1) is 17.7 Å². The number of rotatable bonds is 12.